The first kappa shape index (κ1) is 31.9. The third-order valence-corrected chi connectivity index (χ3v) is 7.78. The van der Waals surface area contributed by atoms with Gasteiger partial charge in [0.05, 0.1) is 19.0 Å². The highest BCUT2D eigenvalue weighted by Crippen LogP contribution is 2.29. The number of carbonyl (C=O) groups excluding carboxylic acids is 3. The summed E-state index contributed by atoms with van der Waals surface area (Å²) in [5.41, 5.74) is 2.42. The predicted octanol–water partition coefficient (Wildman–Crippen LogP) is 7.01. The first-order valence-corrected chi connectivity index (χ1v) is 15.1. The summed E-state index contributed by atoms with van der Waals surface area (Å²) in [6.07, 6.45) is 2.21. The molecule has 0 spiro atoms. The maximum atomic E-state index is 13.5. The Labute approximate surface area is 261 Å². The second-order valence-electron chi connectivity index (χ2n) is 9.59. The average molecular weight is 610 g/mol. The van der Waals surface area contributed by atoms with E-state index in [1.54, 1.807) is 86.0 Å². The van der Waals surface area contributed by atoms with Crippen molar-refractivity contribution >= 4 is 46.9 Å². The van der Waals surface area contributed by atoms with Gasteiger partial charge in [0.2, 0.25) is 5.91 Å². The normalized spacial score (nSPS) is 11.7. The lowest BCUT2D eigenvalue weighted by Crippen LogP contribution is -2.30. The predicted molar refractivity (Wildman–Crippen MR) is 176 cm³/mol. The summed E-state index contributed by atoms with van der Waals surface area (Å²) in [6, 6.07) is 30.3. The minimum Gasteiger partial charge on any atom is -0.497 e. The standard InChI is InChI=1S/C35H35N3O5S/c1-4-32(35(41)36-26-16-20-28(42-3)21-17-26)44-30-13-9-12-27(23-30)37-34(40)31(38-33(39)25-10-7-6-8-11-25)22-24-14-18-29(19-15-24)43-5-2/h6-23,32H,4-5H2,1-3H3,(H,36,41)(H,37,40)(H,38,39)/b31-22+. The average Bonchev–Trinajstić information content (AvgIpc) is 3.05. The summed E-state index contributed by atoms with van der Waals surface area (Å²) in [4.78, 5) is 40.3. The van der Waals surface area contributed by atoms with E-state index in [1.165, 1.54) is 11.8 Å². The number of carbonyl (C=O) groups is 3. The zero-order chi connectivity index (χ0) is 31.3. The highest BCUT2D eigenvalue weighted by molar-refractivity contribution is 8.00. The van der Waals surface area contributed by atoms with Crippen LogP contribution in [0.5, 0.6) is 11.5 Å². The molecule has 226 valence electrons. The Bertz CT molecular complexity index is 1590. The molecule has 0 saturated carbocycles. The molecule has 0 heterocycles. The number of thioether (sulfide) groups is 1. The van der Waals surface area contributed by atoms with Gasteiger partial charge in [0.25, 0.3) is 11.8 Å². The topological polar surface area (TPSA) is 106 Å². The van der Waals surface area contributed by atoms with E-state index in [4.69, 9.17) is 9.47 Å². The molecule has 0 aliphatic rings. The van der Waals surface area contributed by atoms with Crippen LogP contribution in [-0.2, 0) is 9.59 Å². The van der Waals surface area contributed by atoms with Gasteiger partial charge in [-0.2, -0.15) is 0 Å². The second kappa shape index (κ2) is 16.0. The Hall–Kier alpha value is -5.02. The van der Waals surface area contributed by atoms with Gasteiger partial charge < -0.3 is 25.4 Å². The summed E-state index contributed by atoms with van der Waals surface area (Å²) in [6.45, 7) is 4.40. The van der Waals surface area contributed by atoms with Gasteiger partial charge in [0.1, 0.15) is 17.2 Å². The number of amides is 3. The lowest BCUT2D eigenvalue weighted by molar-refractivity contribution is -0.116. The lowest BCUT2D eigenvalue weighted by atomic mass is 10.1. The van der Waals surface area contributed by atoms with Gasteiger partial charge in [0, 0.05) is 21.8 Å². The number of nitrogens with one attached hydrogen (secondary N) is 3. The molecule has 3 N–H and O–H groups in total. The smallest absolute Gasteiger partial charge is 0.272 e. The molecule has 4 rings (SSSR count). The van der Waals surface area contributed by atoms with Crippen molar-refractivity contribution in [3.05, 3.63) is 120 Å². The largest absolute Gasteiger partial charge is 0.497 e. The molecule has 0 fully saturated rings. The van der Waals surface area contributed by atoms with Crippen molar-refractivity contribution in [2.75, 3.05) is 24.4 Å². The Morgan fingerprint density at radius 3 is 2.16 bits per heavy atom. The SMILES string of the molecule is CCOc1ccc(/C=C(/NC(=O)c2ccccc2)C(=O)Nc2cccc(SC(CC)C(=O)Nc3ccc(OC)cc3)c2)cc1. The quantitative estimate of drug-likeness (QED) is 0.111. The molecule has 4 aromatic carbocycles. The molecule has 1 unspecified atom stereocenters. The highest BCUT2D eigenvalue weighted by Gasteiger charge is 2.19. The number of methoxy groups -OCH3 is 1. The van der Waals surface area contributed by atoms with Crippen molar-refractivity contribution in [3.63, 3.8) is 0 Å². The van der Waals surface area contributed by atoms with Gasteiger partial charge >= 0.3 is 0 Å². The summed E-state index contributed by atoms with van der Waals surface area (Å²) in [7, 11) is 1.59. The third-order valence-electron chi connectivity index (χ3n) is 6.42. The minimum atomic E-state index is -0.491. The number of rotatable bonds is 13. The van der Waals surface area contributed by atoms with Crippen LogP contribution in [0.4, 0.5) is 11.4 Å². The fourth-order valence-corrected chi connectivity index (χ4v) is 5.18. The van der Waals surface area contributed by atoms with Crippen LogP contribution in [0.2, 0.25) is 0 Å². The molecule has 0 radical (unpaired) electrons. The maximum absolute atomic E-state index is 13.5. The molecule has 3 amide bonds. The molecular weight excluding hydrogens is 574 g/mol. The number of ether oxygens (including phenoxy) is 2. The Morgan fingerprint density at radius 1 is 0.795 bits per heavy atom. The summed E-state index contributed by atoms with van der Waals surface area (Å²) in [5, 5.41) is 8.24. The van der Waals surface area contributed by atoms with E-state index in [1.807, 2.05) is 44.2 Å². The van der Waals surface area contributed by atoms with Gasteiger partial charge in [0.15, 0.2) is 0 Å². The van der Waals surface area contributed by atoms with Crippen molar-refractivity contribution in [1.82, 2.24) is 5.32 Å². The zero-order valence-electron chi connectivity index (χ0n) is 24.8. The second-order valence-corrected chi connectivity index (χ2v) is 10.9. The Morgan fingerprint density at radius 2 is 1.50 bits per heavy atom. The van der Waals surface area contributed by atoms with Crippen LogP contribution in [0, 0.1) is 0 Å². The lowest BCUT2D eigenvalue weighted by Gasteiger charge is -2.16. The minimum absolute atomic E-state index is 0.0753. The van der Waals surface area contributed by atoms with E-state index >= 15 is 0 Å². The zero-order valence-corrected chi connectivity index (χ0v) is 25.6. The third kappa shape index (κ3) is 9.24. The molecule has 0 bridgehead atoms. The molecule has 44 heavy (non-hydrogen) atoms. The molecule has 1 atom stereocenters. The molecule has 4 aromatic rings. The molecule has 0 aromatic heterocycles. The number of benzene rings is 4. The van der Waals surface area contributed by atoms with Gasteiger partial charge in [-0.15, -0.1) is 11.8 Å². The van der Waals surface area contributed by atoms with E-state index in [2.05, 4.69) is 16.0 Å². The van der Waals surface area contributed by atoms with Crippen LogP contribution in [-0.4, -0.2) is 36.7 Å². The van der Waals surface area contributed by atoms with Crippen molar-refractivity contribution in [2.24, 2.45) is 0 Å². The number of anilines is 2. The van der Waals surface area contributed by atoms with Gasteiger partial charge in [-0.3, -0.25) is 14.4 Å². The summed E-state index contributed by atoms with van der Waals surface area (Å²) >= 11 is 1.40. The molecule has 0 aliphatic carbocycles. The van der Waals surface area contributed by atoms with Gasteiger partial charge in [-0.1, -0.05) is 43.3 Å². The van der Waals surface area contributed by atoms with E-state index < -0.39 is 11.8 Å². The Balaban J connectivity index is 1.49. The van der Waals surface area contributed by atoms with Gasteiger partial charge in [-0.25, -0.2) is 0 Å². The van der Waals surface area contributed by atoms with Crippen molar-refractivity contribution in [3.8, 4) is 11.5 Å². The van der Waals surface area contributed by atoms with Crippen molar-refractivity contribution in [2.45, 2.75) is 30.4 Å². The van der Waals surface area contributed by atoms with Crippen LogP contribution in [0.25, 0.3) is 6.08 Å². The van der Waals surface area contributed by atoms with Crippen LogP contribution in [0.3, 0.4) is 0 Å². The van der Waals surface area contributed by atoms with Crippen LogP contribution < -0.4 is 25.4 Å². The van der Waals surface area contributed by atoms with Crippen molar-refractivity contribution in [1.29, 1.82) is 0 Å². The monoisotopic (exact) mass is 609 g/mol. The van der Waals surface area contributed by atoms with E-state index in [0.717, 1.165) is 4.90 Å². The van der Waals surface area contributed by atoms with Crippen LogP contribution in [0.15, 0.2) is 114 Å². The van der Waals surface area contributed by atoms with E-state index in [-0.39, 0.29) is 16.9 Å². The first-order valence-electron chi connectivity index (χ1n) is 14.2. The molecule has 9 heteroatoms. The maximum Gasteiger partial charge on any atom is 0.272 e. The Kier molecular flexibility index (Phi) is 11.6. The van der Waals surface area contributed by atoms with Crippen LogP contribution in [0.1, 0.15) is 36.2 Å². The summed E-state index contributed by atoms with van der Waals surface area (Å²) < 4.78 is 10.7. The number of hydrogen-bond acceptors (Lipinski definition) is 6. The fourth-order valence-electron chi connectivity index (χ4n) is 4.17. The summed E-state index contributed by atoms with van der Waals surface area (Å²) in [5.74, 6) is 0.397. The van der Waals surface area contributed by atoms with E-state index in [0.29, 0.717) is 47.0 Å². The van der Waals surface area contributed by atoms with Crippen LogP contribution >= 0.6 is 11.8 Å². The van der Waals surface area contributed by atoms with E-state index in [9.17, 15) is 14.4 Å². The molecule has 0 aliphatic heterocycles. The molecular formula is C35H35N3O5S. The molecule has 8 nitrogen and oxygen atoms in total. The number of hydrogen-bond donors (Lipinski definition) is 3. The fraction of sp³-hybridized carbons (Fsp3) is 0.171. The molecule has 0 saturated heterocycles. The van der Waals surface area contributed by atoms with Gasteiger partial charge in [-0.05, 0) is 91.7 Å². The highest BCUT2D eigenvalue weighted by atomic mass is 32.2. The first-order chi connectivity index (χ1) is 21.4. The van der Waals surface area contributed by atoms with Crippen molar-refractivity contribution < 1.29 is 23.9 Å².